The molecule has 0 atom stereocenters. The van der Waals surface area contributed by atoms with Crippen molar-refractivity contribution in [1.29, 1.82) is 0 Å². The maximum absolute atomic E-state index is 12.5. The van der Waals surface area contributed by atoms with E-state index in [9.17, 15) is 4.79 Å². The van der Waals surface area contributed by atoms with Crippen molar-refractivity contribution >= 4 is 17.5 Å². The lowest BCUT2D eigenvalue weighted by Gasteiger charge is -2.31. The second-order valence-corrected chi connectivity index (χ2v) is 7.12. The summed E-state index contributed by atoms with van der Waals surface area (Å²) in [5.41, 5.74) is 2.20. The quantitative estimate of drug-likeness (QED) is 0.836. The number of amides is 1. The van der Waals surface area contributed by atoms with Crippen LogP contribution in [0.15, 0.2) is 48.5 Å². The fourth-order valence-electron chi connectivity index (χ4n) is 3.34. The molecular formula is C21H25ClN2O2. The number of ether oxygens (including phenoxy) is 1. The Morgan fingerprint density at radius 1 is 1.19 bits per heavy atom. The van der Waals surface area contributed by atoms with Crippen molar-refractivity contribution in [2.75, 3.05) is 20.2 Å². The van der Waals surface area contributed by atoms with Crippen LogP contribution < -0.4 is 10.1 Å². The predicted octanol–water partition coefficient (Wildman–Crippen LogP) is 3.88. The van der Waals surface area contributed by atoms with Crippen LogP contribution in [0.2, 0.25) is 5.02 Å². The van der Waals surface area contributed by atoms with E-state index in [2.05, 4.69) is 16.3 Å². The number of rotatable bonds is 6. The molecule has 0 spiro atoms. The van der Waals surface area contributed by atoms with Gasteiger partial charge in [-0.15, -0.1) is 0 Å². The van der Waals surface area contributed by atoms with Gasteiger partial charge < -0.3 is 10.1 Å². The second kappa shape index (κ2) is 9.06. The summed E-state index contributed by atoms with van der Waals surface area (Å²) in [6, 6.07) is 15.7. The van der Waals surface area contributed by atoms with E-state index in [0.717, 1.165) is 54.4 Å². The zero-order valence-electron chi connectivity index (χ0n) is 15.1. The van der Waals surface area contributed by atoms with E-state index in [1.165, 1.54) is 0 Å². The lowest BCUT2D eigenvalue weighted by atomic mass is 9.95. The first kappa shape index (κ1) is 18.7. The van der Waals surface area contributed by atoms with Crippen LogP contribution in [0.5, 0.6) is 5.75 Å². The number of methoxy groups -OCH3 is 1. The van der Waals surface area contributed by atoms with E-state index in [1.54, 1.807) is 7.11 Å². The van der Waals surface area contributed by atoms with Crippen molar-refractivity contribution in [3.05, 3.63) is 64.7 Å². The molecule has 2 aromatic rings. The van der Waals surface area contributed by atoms with Crippen molar-refractivity contribution in [1.82, 2.24) is 10.2 Å². The number of likely N-dealkylation sites (tertiary alicyclic amines) is 1. The SMILES string of the molecule is COc1cccc(CNC(=O)C2CCN(Cc3ccccc3Cl)CC2)c1. The van der Waals surface area contributed by atoms with Crippen LogP contribution in [-0.2, 0) is 17.9 Å². The molecule has 0 aliphatic carbocycles. The third-order valence-electron chi connectivity index (χ3n) is 4.91. The molecule has 0 radical (unpaired) electrons. The molecule has 26 heavy (non-hydrogen) atoms. The fourth-order valence-corrected chi connectivity index (χ4v) is 3.53. The van der Waals surface area contributed by atoms with Gasteiger partial charge >= 0.3 is 0 Å². The maximum atomic E-state index is 12.5. The van der Waals surface area contributed by atoms with Gasteiger partial charge in [-0.25, -0.2) is 0 Å². The zero-order valence-corrected chi connectivity index (χ0v) is 15.8. The molecule has 3 rings (SSSR count). The standard InChI is InChI=1S/C21H25ClN2O2/c1-26-19-7-4-5-16(13-19)14-23-21(25)17-9-11-24(12-10-17)15-18-6-2-3-8-20(18)22/h2-8,13,17H,9-12,14-15H2,1H3,(H,23,25). The van der Waals surface area contributed by atoms with Gasteiger partial charge in [-0.05, 0) is 55.3 Å². The van der Waals surface area contributed by atoms with Gasteiger partial charge in [-0.3, -0.25) is 9.69 Å². The first-order valence-corrected chi connectivity index (χ1v) is 9.40. The normalized spacial score (nSPS) is 15.6. The number of piperidine rings is 1. The third kappa shape index (κ3) is 4.99. The summed E-state index contributed by atoms with van der Waals surface area (Å²) in [6.07, 6.45) is 1.77. The highest BCUT2D eigenvalue weighted by Crippen LogP contribution is 2.22. The number of benzene rings is 2. The fraction of sp³-hybridized carbons (Fsp3) is 0.381. The van der Waals surface area contributed by atoms with Crippen molar-refractivity contribution < 1.29 is 9.53 Å². The Hall–Kier alpha value is -2.04. The zero-order chi connectivity index (χ0) is 18.4. The Labute approximate surface area is 160 Å². The van der Waals surface area contributed by atoms with Gasteiger partial charge in [-0.1, -0.05) is 41.9 Å². The molecule has 2 aromatic carbocycles. The summed E-state index contributed by atoms with van der Waals surface area (Å²) < 4.78 is 5.22. The molecule has 1 aliphatic rings. The topological polar surface area (TPSA) is 41.6 Å². The highest BCUT2D eigenvalue weighted by molar-refractivity contribution is 6.31. The van der Waals surface area contributed by atoms with E-state index in [4.69, 9.17) is 16.3 Å². The highest BCUT2D eigenvalue weighted by atomic mass is 35.5. The molecule has 1 heterocycles. The summed E-state index contributed by atoms with van der Waals surface area (Å²) in [4.78, 5) is 14.8. The smallest absolute Gasteiger partial charge is 0.223 e. The number of carbonyl (C=O) groups excluding carboxylic acids is 1. The van der Waals surface area contributed by atoms with Crippen molar-refractivity contribution in [2.24, 2.45) is 5.92 Å². The first-order valence-electron chi connectivity index (χ1n) is 9.02. The minimum absolute atomic E-state index is 0.0862. The molecule has 1 saturated heterocycles. The van der Waals surface area contributed by atoms with E-state index in [0.29, 0.717) is 6.54 Å². The monoisotopic (exact) mass is 372 g/mol. The number of carbonyl (C=O) groups is 1. The number of halogens is 1. The van der Waals surface area contributed by atoms with E-state index < -0.39 is 0 Å². The molecule has 138 valence electrons. The average Bonchev–Trinajstić information content (AvgIpc) is 2.68. The minimum Gasteiger partial charge on any atom is -0.497 e. The second-order valence-electron chi connectivity index (χ2n) is 6.71. The predicted molar refractivity (Wildman–Crippen MR) is 104 cm³/mol. The summed E-state index contributed by atoms with van der Waals surface area (Å²) in [5, 5.41) is 3.87. The number of nitrogens with zero attached hydrogens (tertiary/aromatic N) is 1. The Balaban J connectivity index is 1.45. The Kier molecular flexibility index (Phi) is 6.53. The van der Waals surface area contributed by atoms with Gasteiger partial charge in [0.25, 0.3) is 0 Å². The minimum atomic E-state index is 0.0862. The first-order chi connectivity index (χ1) is 12.7. The molecule has 1 aliphatic heterocycles. The average molecular weight is 373 g/mol. The van der Waals surface area contributed by atoms with Crippen LogP contribution in [0.3, 0.4) is 0 Å². The summed E-state index contributed by atoms with van der Waals surface area (Å²) in [7, 11) is 1.65. The van der Waals surface area contributed by atoms with Crippen LogP contribution in [0.25, 0.3) is 0 Å². The van der Waals surface area contributed by atoms with Gasteiger partial charge in [0.1, 0.15) is 5.75 Å². The molecule has 5 heteroatoms. The number of nitrogens with one attached hydrogen (secondary N) is 1. The largest absolute Gasteiger partial charge is 0.497 e. The highest BCUT2D eigenvalue weighted by Gasteiger charge is 2.25. The summed E-state index contributed by atoms with van der Waals surface area (Å²) in [6.45, 7) is 3.22. The molecule has 1 fully saturated rings. The lowest BCUT2D eigenvalue weighted by molar-refractivity contribution is -0.126. The van der Waals surface area contributed by atoms with Crippen LogP contribution in [0, 0.1) is 5.92 Å². The van der Waals surface area contributed by atoms with Crippen molar-refractivity contribution in [3.8, 4) is 5.75 Å². The van der Waals surface area contributed by atoms with Gasteiger partial charge in [0.05, 0.1) is 7.11 Å². The van der Waals surface area contributed by atoms with Crippen molar-refractivity contribution in [2.45, 2.75) is 25.9 Å². The number of hydrogen-bond acceptors (Lipinski definition) is 3. The lowest BCUT2D eigenvalue weighted by Crippen LogP contribution is -2.40. The van der Waals surface area contributed by atoms with Gasteiger partial charge in [-0.2, -0.15) is 0 Å². The Morgan fingerprint density at radius 3 is 2.69 bits per heavy atom. The van der Waals surface area contributed by atoms with Gasteiger partial charge in [0.2, 0.25) is 5.91 Å². The van der Waals surface area contributed by atoms with Crippen LogP contribution in [-0.4, -0.2) is 31.0 Å². The summed E-state index contributed by atoms with van der Waals surface area (Å²) >= 11 is 6.24. The third-order valence-corrected chi connectivity index (χ3v) is 5.28. The maximum Gasteiger partial charge on any atom is 0.223 e. The van der Waals surface area contributed by atoms with Gasteiger partial charge in [0.15, 0.2) is 0 Å². The summed E-state index contributed by atoms with van der Waals surface area (Å²) in [5.74, 6) is 1.04. The number of hydrogen-bond donors (Lipinski definition) is 1. The van der Waals surface area contributed by atoms with Crippen LogP contribution >= 0.6 is 11.6 Å². The Morgan fingerprint density at radius 2 is 1.96 bits per heavy atom. The molecule has 1 N–H and O–H groups in total. The van der Waals surface area contributed by atoms with E-state index in [-0.39, 0.29) is 11.8 Å². The molecule has 0 bridgehead atoms. The van der Waals surface area contributed by atoms with Crippen molar-refractivity contribution in [3.63, 3.8) is 0 Å². The van der Waals surface area contributed by atoms with Gasteiger partial charge in [0, 0.05) is 24.0 Å². The van der Waals surface area contributed by atoms with Crippen LogP contribution in [0.4, 0.5) is 0 Å². The molecule has 0 aromatic heterocycles. The van der Waals surface area contributed by atoms with E-state index in [1.807, 2.05) is 42.5 Å². The molecule has 4 nitrogen and oxygen atoms in total. The Bertz CT molecular complexity index is 742. The molecule has 0 unspecified atom stereocenters. The van der Waals surface area contributed by atoms with Crippen LogP contribution in [0.1, 0.15) is 24.0 Å². The molecule has 0 saturated carbocycles. The molecular weight excluding hydrogens is 348 g/mol. The van der Waals surface area contributed by atoms with E-state index >= 15 is 0 Å². The molecule has 1 amide bonds.